The van der Waals surface area contributed by atoms with Crippen LogP contribution in [0.25, 0.3) is 11.1 Å². The maximum absolute atomic E-state index is 12.4. The molecule has 0 unspecified atom stereocenters. The van der Waals surface area contributed by atoms with E-state index in [0.29, 0.717) is 16.8 Å². The largest absolute Gasteiger partial charge is 0.420 e. The van der Waals surface area contributed by atoms with Crippen molar-refractivity contribution in [1.29, 1.82) is 0 Å². The summed E-state index contributed by atoms with van der Waals surface area (Å²) < 4.78 is 6.48. The molecule has 2 amide bonds. The quantitative estimate of drug-likeness (QED) is 0.866. The number of amides is 2. The van der Waals surface area contributed by atoms with Gasteiger partial charge in [0.1, 0.15) is 6.54 Å². The number of piperidine rings is 1. The highest BCUT2D eigenvalue weighted by Crippen LogP contribution is 2.19. The topological polar surface area (TPSA) is 84.5 Å². The molecular formula is C17H19N3O4. The zero-order chi connectivity index (χ0) is 17.1. The molecule has 2 heterocycles. The Hall–Kier alpha value is -2.83. The molecule has 2 aromatic rings. The Morgan fingerprint density at radius 1 is 1.25 bits per heavy atom. The molecule has 1 aromatic carbocycles. The minimum Gasteiger partial charge on any atom is -0.408 e. The molecule has 126 valence electrons. The molecule has 0 atom stereocenters. The summed E-state index contributed by atoms with van der Waals surface area (Å²) in [4.78, 5) is 37.7. The summed E-state index contributed by atoms with van der Waals surface area (Å²) in [6.07, 6.45) is 4.27. The molecule has 0 spiro atoms. The number of oxazole rings is 1. The first-order valence-electron chi connectivity index (χ1n) is 7.93. The Bertz CT molecular complexity index is 843. The first-order valence-corrected chi connectivity index (χ1v) is 7.93. The molecule has 1 N–H and O–H groups in total. The summed E-state index contributed by atoms with van der Waals surface area (Å²) in [5.74, 6) is -1.03. The van der Waals surface area contributed by atoms with Gasteiger partial charge in [-0.15, -0.1) is 0 Å². The molecule has 1 saturated heterocycles. The predicted molar refractivity (Wildman–Crippen MR) is 89.7 cm³/mol. The highest BCUT2D eigenvalue weighted by molar-refractivity contribution is 5.99. The Morgan fingerprint density at radius 2 is 2.00 bits per heavy atom. The van der Waals surface area contributed by atoms with Gasteiger partial charge >= 0.3 is 5.76 Å². The number of likely N-dealkylation sites (tertiary alicyclic amines) is 1. The second-order valence-corrected chi connectivity index (χ2v) is 5.77. The van der Waals surface area contributed by atoms with Crippen LogP contribution in [0.1, 0.15) is 19.3 Å². The van der Waals surface area contributed by atoms with Gasteiger partial charge in [0.25, 0.3) is 0 Å². The molecule has 1 fully saturated rings. The van der Waals surface area contributed by atoms with Crippen molar-refractivity contribution >= 4 is 28.6 Å². The lowest BCUT2D eigenvalue weighted by Crippen LogP contribution is -2.39. The van der Waals surface area contributed by atoms with Gasteiger partial charge in [-0.3, -0.25) is 14.2 Å². The van der Waals surface area contributed by atoms with Crippen LogP contribution in [-0.4, -0.2) is 34.4 Å². The van der Waals surface area contributed by atoms with Gasteiger partial charge in [0.15, 0.2) is 5.58 Å². The summed E-state index contributed by atoms with van der Waals surface area (Å²) in [5, 5.41) is 2.63. The maximum Gasteiger partial charge on any atom is 0.420 e. The van der Waals surface area contributed by atoms with E-state index in [-0.39, 0.29) is 18.4 Å². The van der Waals surface area contributed by atoms with E-state index < -0.39 is 5.76 Å². The highest BCUT2D eigenvalue weighted by Gasteiger charge is 2.20. The molecule has 7 nitrogen and oxygen atoms in total. The van der Waals surface area contributed by atoms with Crippen molar-refractivity contribution in [2.45, 2.75) is 25.8 Å². The average molecular weight is 329 g/mol. The lowest BCUT2D eigenvalue weighted by atomic mass is 10.1. The summed E-state index contributed by atoms with van der Waals surface area (Å²) in [7, 11) is 0. The lowest BCUT2D eigenvalue weighted by molar-refractivity contribution is -0.132. The predicted octanol–water partition coefficient (Wildman–Crippen LogP) is 1.73. The zero-order valence-electron chi connectivity index (χ0n) is 13.3. The number of anilines is 1. The molecule has 1 aromatic heterocycles. The maximum atomic E-state index is 12.4. The Labute approximate surface area is 138 Å². The number of carbonyl (C=O) groups excluding carboxylic acids is 2. The van der Waals surface area contributed by atoms with E-state index in [4.69, 9.17) is 4.42 Å². The van der Waals surface area contributed by atoms with Gasteiger partial charge in [-0.25, -0.2) is 4.79 Å². The Morgan fingerprint density at radius 3 is 2.71 bits per heavy atom. The standard InChI is InChI=1S/C17H19N3O4/c1-2-15(21)18-12-6-7-14-13(10-12)20(17(23)24-14)11-16(22)19-8-4-3-5-9-19/h2,6-7,10H,1,3-5,8-9,11H2,(H,18,21). The molecule has 1 aliphatic rings. The molecule has 24 heavy (non-hydrogen) atoms. The first-order chi connectivity index (χ1) is 11.6. The molecule has 0 radical (unpaired) electrons. The third-order valence-corrected chi connectivity index (χ3v) is 4.12. The van der Waals surface area contributed by atoms with E-state index in [2.05, 4.69) is 11.9 Å². The first kappa shape index (κ1) is 16.0. The van der Waals surface area contributed by atoms with Crippen LogP contribution < -0.4 is 11.1 Å². The summed E-state index contributed by atoms with van der Waals surface area (Å²) >= 11 is 0. The second kappa shape index (κ2) is 6.74. The van der Waals surface area contributed by atoms with Gasteiger partial charge in [0.2, 0.25) is 11.8 Å². The summed E-state index contributed by atoms with van der Waals surface area (Å²) in [6, 6.07) is 4.84. The molecule has 0 saturated carbocycles. The van der Waals surface area contributed by atoms with Crippen LogP contribution in [0.2, 0.25) is 0 Å². The molecule has 0 aliphatic carbocycles. The fraction of sp³-hybridized carbons (Fsp3) is 0.353. The van der Waals surface area contributed by atoms with E-state index in [9.17, 15) is 14.4 Å². The van der Waals surface area contributed by atoms with Gasteiger partial charge in [0.05, 0.1) is 5.52 Å². The second-order valence-electron chi connectivity index (χ2n) is 5.77. The fourth-order valence-corrected chi connectivity index (χ4v) is 2.86. The van der Waals surface area contributed by atoms with Gasteiger partial charge < -0.3 is 14.6 Å². The Balaban J connectivity index is 1.88. The van der Waals surface area contributed by atoms with Crippen LogP contribution >= 0.6 is 0 Å². The minimum atomic E-state index is -0.581. The number of nitrogens with zero attached hydrogens (tertiary/aromatic N) is 2. The van der Waals surface area contributed by atoms with Crippen LogP contribution in [0.5, 0.6) is 0 Å². The molecule has 3 rings (SSSR count). The van der Waals surface area contributed by atoms with Crippen molar-refractivity contribution in [2.24, 2.45) is 0 Å². The van der Waals surface area contributed by atoms with E-state index in [1.165, 1.54) is 4.57 Å². The summed E-state index contributed by atoms with van der Waals surface area (Å²) in [6.45, 7) is 4.78. The highest BCUT2D eigenvalue weighted by atomic mass is 16.4. The van der Waals surface area contributed by atoms with E-state index in [0.717, 1.165) is 38.4 Å². The van der Waals surface area contributed by atoms with Crippen molar-refractivity contribution < 1.29 is 14.0 Å². The van der Waals surface area contributed by atoms with Crippen LogP contribution in [0.15, 0.2) is 40.1 Å². The van der Waals surface area contributed by atoms with Crippen molar-refractivity contribution in [2.75, 3.05) is 18.4 Å². The zero-order valence-corrected chi connectivity index (χ0v) is 13.3. The minimum absolute atomic E-state index is 0.0648. The van der Waals surface area contributed by atoms with Crippen molar-refractivity contribution in [3.05, 3.63) is 41.4 Å². The number of hydrogen-bond acceptors (Lipinski definition) is 4. The van der Waals surface area contributed by atoms with Gasteiger partial charge in [-0.2, -0.15) is 0 Å². The fourth-order valence-electron chi connectivity index (χ4n) is 2.86. The number of fused-ring (bicyclic) bond motifs is 1. The normalized spacial score (nSPS) is 14.6. The Kier molecular flexibility index (Phi) is 4.50. The number of carbonyl (C=O) groups is 2. The monoisotopic (exact) mass is 329 g/mol. The van der Waals surface area contributed by atoms with Crippen molar-refractivity contribution in [1.82, 2.24) is 9.47 Å². The van der Waals surface area contributed by atoms with E-state index >= 15 is 0 Å². The number of hydrogen-bond donors (Lipinski definition) is 1. The van der Waals surface area contributed by atoms with E-state index in [1.54, 1.807) is 23.1 Å². The molecule has 1 aliphatic heterocycles. The van der Waals surface area contributed by atoms with E-state index in [1.807, 2.05) is 0 Å². The third-order valence-electron chi connectivity index (χ3n) is 4.12. The van der Waals surface area contributed by atoms with Crippen LogP contribution in [-0.2, 0) is 16.1 Å². The van der Waals surface area contributed by atoms with Crippen LogP contribution in [0, 0.1) is 0 Å². The number of nitrogens with one attached hydrogen (secondary N) is 1. The smallest absolute Gasteiger partial charge is 0.408 e. The summed E-state index contributed by atoms with van der Waals surface area (Å²) in [5.41, 5.74) is 1.36. The molecule has 7 heteroatoms. The number of aromatic nitrogens is 1. The van der Waals surface area contributed by atoms with Crippen molar-refractivity contribution in [3.8, 4) is 0 Å². The van der Waals surface area contributed by atoms with Crippen LogP contribution in [0.3, 0.4) is 0 Å². The van der Waals surface area contributed by atoms with Gasteiger partial charge in [0, 0.05) is 18.8 Å². The van der Waals surface area contributed by atoms with Crippen LogP contribution in [0.4, 0.5) is 5.69 Å². The lowest BCUT2D eigenvalue weighted by Gasteiger charge is -2.26. The van der Waals surface area contributed by atoms with Gasteiger partial charge in [-0.05, 0) is 43.5 Å². The average Bonchev–Trinajstić information content (AvgIpc) is 2.91. The molecule has 0 bridgehead atoms. The number of benzene rings is 1. The molecular weight excluding hydrogens is 310 g/mol. The third kappa shape index (κ3) is 3.24. The van der Waals surface area contributed by atoms with Crippen molar-refractivity contribution in [3.63, 3.8) is 0 Å². The number of rotatable bonds is 4. The SMILES string of the molecule is C=CC(=O)Nc1ccc2oc(=O)n(CC(=O)N3CCCCC3)c2c1. The van der Waals surface area contributed by atoms with Gasteiger partial charge in [-0.1, -0.05) is 6.58 Å².